The highest BCUT2D eigenvalue weighted by atomic mass is 16.3. The predicted molar refractivity (Wildman–Crippen MR) is 99.9 cm³/mol. The molecule has 0 saturated carbocycles. The van der Waals surface area contributed by atoms with Crippen LogP contribution in [0.3, 0.4) is 0 Å². The minimum Gasteiger partial charge on any atom is -0.459 e. The Morgan fingerprint density at radius 3 is 2.92 bits per heavy atom. The summed E-state index contributed by atoms with van der Waals surface area (Å²) in [6.07, 6.45) is 8.42. The lowest BCUT2D eigenvalue weighted by Gasteiger charge is -2.33. The summed E-state index contributed by atoms with van der Waals surface area (Å²) in [4.78, 5) is 19.5. The molecule has 4 rings (SSSR count). The molecule has 26 heavy (non-hydrogen) atoms. The Hall–Kier alpha value is -2.82. The molecule has 1 fully saturated rings. The Labute approximate surface area is 153 Å². The number of nitrogens with zero attached hydrogens (tertiary/aromatic N) is 3. The number of furan rings is 1. The molecule has 1 aliphatic rings. The first kappa shape index (κ1) is 16.6. The number of carbonyl (C=O) groups excluding carboxylic acids is 1. The second-order valence-corrected chi connectivity index (χ2v) is 6.68. The van der Waals surface area contributed by atoms with E-state index in [0.717, 1.165) is 42.8 Å². The number of imidazole rings is 1. The van der Waals surface area contributed by atoms with Crippen LogP contribution in [-0.2, 0) is 6.42 Å². The zero-order chi connectivity index (χ0) is 17.9. The monoisotopic (exact) mass is 349 g/mol. The van der Waals surface area contributed by atoms with E-state index in [9.17, 15) is 4.79 Å². The van der Waals surface area contributed by atoms with Crippen LogP contribution in [0.25, 0.3) is 11.1 Å². The molecule has 134 valence electrons. The van der Waals surface area contributed by atoms with Crippen molar-refractivity contribution in [1.29, 1.82) is 0 Å². The fourth-order valence-electron chi connectivity index (χ4n) is 3.78. The Morgan fingerprint density at radius 2 is 2.12 bits per heavy atom. The highest BCUT2D eigenvalue weighted by molar-refractivity contribution is 5.98. The maximum atomic E-state index is 13.1. The topological polar surface area (TPSA) is 51.3 Å². The molecule has 0 aliphatic carbocycles. The van der Waals surface area contributed by atoms with Crippen molar-refractivity contribution in [3.8, 4) is 11.1 Å². The van der Waals surface area contributed by atoms with Gasteiger partial charge in [-0.05, 0) is 24.5 Å². The summed E-state index contributed by atoms with van der Waals surface area (Å²) in [6.45, 7) is 3.57. The number of rotatable bonds is 4. The smallest absolute Gasteiger partial charge is 0.290 e. The van der Waals surface area contributed by atoms with Crippen molar-refractivity contribution in [1.82, 2.24) is 14.5 Å². The quantitative estimate of drug-likeness (QED) is 0.710. The minimum absolute atomic E-state index is 0.0308. The van der Waals surface area contributed by atoms with Crippen LogP contribution in [0.2, 0.25) is 0 Å². The fourth-order valence-corrected chi connectivity index (χ4v) is 3.78. The number of likely N-dealkylation sites (tertiary alicyclic amines) is 1. The molecule has 0 N–H and O–H groups in total. The molecule has 3 aromatic rings. The van der Waals surface area contributed by atoms with Gasteiger partial charge in [0.15, 0.2) is 5.76 Å². The number of hydrogen-bond donors (Lipinski definition) is 0. The molecular formula is C21H23N3O2. The Morgan fingerprint density at radius 1 is 1.27 bits per heavy atom. The van der Waals surface area contributed by atoms with E-state index in [4.69, 9.17) is 4.42 Å². The van der Waals surface area contributed by atoms with Crippen molar-refractivity contribution < 1.29 is 9.21 Å². The highest BCUT2D eigenvalue weighted by Crippen LogP contribution is 2.29. The van der Waals surface area contributed by atoms with E-state index < -0.39 is 0 Å². The molecule has 0 unspecified atom stereocenters. The van der Waals surface area contributed by atoms with Gasteiger partial charge in [-0.3, -0.25) is 4.79 Å². The number of amides is 1. The molecule has 1 amide bonds. The van der Waals surface area contributed by atoms with Gasteiger partial charge in [0.05, 0.1) is 12.3 Å². The third-order valence-corrected chi connectivity index (χ3v) is 5.09. The maximum Gasteiger partial charge on any atom is 0.290 e. The van der Waals surface area contributed by atoms with E-state index in [1.807, 2.05) is 53.7 Å². The number of aromatic nitrogens is 2. The summed E-state index contributed by atoms with van der Waals surface area (Å²) < 4.78 is 7.82. The van der Waals surface area contributed by atoms with E-state index in [0.29, 0.717) is 12.3 Å². The van der Waals surface area contributed by atoms with Crippen molar-refractivity contribution >= 4 is 5.91 Å². The van der Waals surface area contributed by atoms with Crippen molar-refractivity contribution in [3.05, 3.63) is 66.6 Å². The van der Waals surface area contributed by atoms with Gasteiger partial charge in [-0.15, -0.1) is 0 Å². The standard InChI is InChI=1S/C21H23N3O2/c1-2-19-22-11-13-24(19)17-9-6-12-23(15-17)21(25)20-18(10-14-26-20)16-7-4-3-5-8-16/h3-5,7-8,10-11,13-14,17H,2,6,9,12,15H2,1H3/t17-/m1/s1. The normalized spacial score (nSPS) is 17.4. The van der Waals surface area contributed by atoms with Crippen molar-refractivity contribution in [2.24, 2.45) is 0 Å². The molecule has 0 spiro atoms. The largest absolute Gasteiger partial charge is 0.459 e. The second-order valence-electron chi connectivity index (χ2n) is 6.68. The molecule has 3 heterocycles. The zero-order valence-electron chi connectivity index (χ0n) is 15.0. The first-order chi connectivity index (χ1) is 12.8. The van der Waals surface area contributed by atoms with Gasteiger partial charge in [-0.25, -0.2) is 4.98 Å². The first-order valence-corrected chi connectivity index (χ1v) is 9.22. The summed E-state index contributed by atoms with van der Waals surface area (Å²) in [7, 11) is 0. The average Bonchev–Trinajstić information content (AvgIpc) is 3.37. The molecule has 2 aromatic heterocycles. The van der Waals surface area contributed by atoms with Crippen molar-refractivity contribution in [2.45, 2.75) is 32.2 Å². The third kappa shape index (κ3) is 3.05. The van der Waals surface area contributed by atoms with Crippen LogP contribution in [0.4, 0.5) is 0 Å². The van der Waals surface area contributed by atoms with Gasteiger partial charge in [-0.2, -0.15) is 0 Å². The van der Waals surface area contributed by atoms with Crippen LogP contribution in [0.5, 0.6) is 0 Å². The van der Waals surface area contributed by atoms with E-state index in [1.54, 1.807) is 6.26 Å². The van der Waals surface area contributed by atoms with Gasteiger partial charge in [0, 0.05) is 37.5 Å². The van der Waals surface area contributed by atoms with Crippen molar-refractivity contribution in [3.63, 3.8) is 0 Å². The Balaban J connectivity index is 1.57. The molecule has 1 aromatic carbocycles. The molecule has 0 radical (unpaired) electrons. The SMILES string of the molecule is CCc1nccn1[C@@H]1CCCN(C(=O)c2occc2-c2ccccc2)C1. The molecule has 0 bridgehead atoms. The van der Waals surface area contributed by atoms with Crippen molar-refractivity contribution in [2.75, 3.05) is 13.1 Å². The second kappa shape index (κ2) is 7.20. The molecule has 1 saturated heterocycles. The summed E-state index contributed by atoms with van der Waals surface area (Å²) in [5.74, 6) is 1.47. The number of benzene rings is 1. The van der Waals surface area contributed by atoms with Gasteiger partial charge in [0.25, 0.3) is 5.91 Å². The Kier molecular flexibility index (Phi) is 4.61. The summed E-state index contributed by atoms with van der Waals surface area (Å²) in [5.41, 5.74) is 1.86. The molecule has 1 atom stereocenters. The van der Waals surface area contributed by atoms with Gasteiger partial charge >= 0.3 is 0 Å². The summed E-state index contributed by atoms with van der Waals surface area (Å²) >= 11 is 0. The number of aryl methyl sites for hydroxylation is 1. The van der Waals surface area contributed by atoms with Crippen LogP contribution in [0, 0.1) is 0 Å². The van der Waals surface area contributed by atoms with Crippen LogP contribution in [0.15, 0.2) is 59.5 Å². The number of carbonyl (C=O) groups is 1. The molecule has 1 aliphatic heterocycles. The third-order valence-electron chi connectivity index (χ3n) is 5.09. The van der Waals surface area contributed by atoms with Gasteiger partial charge in [0.2, 0.25) is 0 Å². The minimum atomic E-state index is -0.0308. The summed E-state index contributed by atoms with van der Waals surface area (Å²) in [5, 5.41) is 0. The summed E-state index contributed by atoms with van der Waals surface area (Å²) in [6, 6.07) is 12.1. The number of hydrogen-bond acceptors (Lipinski definition) is 3. The highest BCUT2D eigenvalue weighted by Gasteiger charge is 2.29. The van der Waals surface area contributed by atoms with E-state index in [2.05, 4.69) is 16.5 Å². The van der Waals surface area contributed by atoms with Gasteiger partial charge in [0.1, 0.15) is 5.82 Å². The first-order valence-electron chi connectivity index (χ1n) is 9.22. The lowest BCUT2D eigenvalue weighted by atomic mass is 10.0. The zero-order valence-corrected chi connectivity index (χ0v) is 15.0. The van der Waals surface area contributed by atoms with E-state index >= 15 is 0 Å². The van der Waals surface area contributed by atoms with Crippen LogP contribution in [0.1, 0.15) is 42.2 Å². The van der Waals surface area contributed by atoms with Gasteiger partial charge < -0.3 is 13.9 Å². The molecule has 5 nitrogen and oxygen atoms in total. The van der Waals surface area contributed by atoms with Crippen LogP contribution < -0.4 is 0 Å². The predicted octanol–water partition coefficient (Wildman–Crippen LogP) is 4.18. The Bertz CT molecular complexity index is 882. The van der Waals surface area contributed by atoms with E-state index in [1.165, 1.54) is 0 Å². The van der Waals surface area contributed by atoms with Gasteiger partial charge in [-0.1, -0.05) is 37.3 Å². The fraction of sp³-hybridized carbons (Fsp3) is 0.333. The van der Waals surface area contributed by atoms with E-state index in [-0.39, 0.29) is 11.9 Å². The molecular weight excluding hydrogens is 326 g/mol. The number of piperidine rings is 1. The van der Waals surface area contributed by atoms with Crippen LogP contribution in [-0.4, -0.2) is 33.4 Å². The van der Waals surface area contributed by atoms with Crippen LogP contribution >= 0.6 is 0 Å². The average molecular weight is 349 g/mol. The lowest BCUT2D eigenvalue weighted by molar-refractivity contribution is 0.0647. The lowest BCUT2D eigenvalue weighted by Crippen LogP contribution is -2.41. The molecule has 5 heteroatoms. The maximum absolute atomic E-state index is 13.1.